The molecule has 3 heteroatoms. The quantitative estimate of drug-likeness (QED) is 0.152. The van der Waals surface area contributed by atoms with Gasteiger partial charge in [-0.2, -0.15) is 0 Å². The van der Waals surface area contributed by atoms with E-state index in [1.165, 1.54) is 121 Å². The predicted molar refractivity (Wildman–Crippen MR) is 346 cm³/mol. The average molecular weight is 1050 g/mol. The Morgan fingerprint density at radius 3 is 1.30 bits per heavy atom. The molecule has 0 amide bonds. The maximum atomic E-state index is 5.48. The van der Waals surface area contributed by atoms with E-state index in [-0.39, 0.29) is 0 Å². The molecule has 0 fully saturated rings. The van der Waals surface area contributed by atoms with Gasteiger partial charge in [-0.3, -0.25) is 0 Å². The zero-order chi connectivity index (χ0) is 54.3. The van der Waals surface area contributed by atoms with Gasteiger partial charge in [0.15, 0.2) is 0 Å². The molecule has 18 rings (SSSR count). The molecule has 0 saturated heterocycles. The zero-order valence-corrected chi connectivity index (χ0v) is 45.1. The monoisotopic (exact) mass is 1050 g/mol. The van der Waals surface area contributed by atoms with Crippen molar-refractivity contribution in [1.82, 2.24) is 14.1 Å². The van der Waals surface area contributed by atoms with Crippen LogP contribution in [0.5, 0.6) is 0 Å². The van der Waals surface area contributed by atoms with E-state index in [4.69, 9.17) is 4.98 Å². The summed E-state index contributed by atoms with van der Waals surface area (Å²) in [7, 11) is 0. The first kappa shape index (κ1) is 45.9. The second-order valence-electron chi connectivity index (χ2n) is 22.5. The third kappa shape index (κ3) is 6.59. The molecule has 16 aromatic rings. The van der Waals surface area contributed by atoms with Gasteiger partial charge in [-0.15, -0.1) is 0 Å². The molecule has 0 atom stereocenters. The van der Waals surface area contributed by atoms with Gasteiger partial charge < -0.3 is 9.13 Å². The maximum Gasteiger partial charge on any atom is 0.0788 e. The fourth-order valence-corrected chi connectivity index (χ4v) is 14.7. The first-order valence-corrected chi connectivity index (χ1v) is 28.8. The van der Waals surface area contributed by atoms with E-state index in [1.807, 2.05) is 0 Å². The number of rotatable bonds is 6. The Labute approximate surface area is 479 Å². The van der Waals surface area contributed by atoms with Crippen LogP contribution in [0.25, 0.3) is 144 Å². The molecular weight excluding hydrogens is 1000 g/mol. The highest BCUT2D eigenvalue weighted by Crippen LogP contribution is 2.63. The molecule has 0 saturated carbocycles. The van der Waals surface area contributed by atoms with E-state index < -0.39 is 5.41 Å². The first-order valence-electron chi connectivity index (χ1n) is 28.8. The van der Waals surface area contributed by atoms with Crippen LogP contribution in [0.3, 0.4) is 0 Å². The van der Waals surface area contributed by atoms with Crippen molar-refractivity contribution in [3.8, 4) is 78.3 Å². The number of para-hydroxylation sites is 3. The van der Waals surface area contributed by atoms with Gasteiger partial charge in [0, 0.05) is 49.3 Å². The van der Waals surface area contributed by atoms with Crippen molar-refractivity contribution in [3.63, 3.8) is 0 Å². The Morgan fingerprint density at radius 2 is 0.675 bits per heavy atom. The largest absolute Gasteiger partial charge is 0.309 e. The smallest absolute Gasteiger partial charge is 0.0788 e. The lowest BCUT2D eigenvalue weighted by atomic mass is 9.70. The number of aromatic nitrogens is 3. The fourth-order valence-electron chi connectivity index (χ4n) is 14.7. The number of fused-ring (bicyclic) bond motifs is 19. The summed E-state index contributed by atoms with van der Waals surface area (Å²) in [5.74, 6) is 0. The van der Waals surface area contributed by atoms with Gasteiger partial charge in [-0.1, -0.05) is 231 Å². The standard InChI is InChI=1S/C80H49N3/c1-2-17-50(18-3-1)54-19-16-20-58(45-54)83-76-32-15-9-26-64(76)66-44-40-56(47-78(66)83)55-39-43-65-63-25-8-14-31-75(63)82(77(65)46-55)57-41-37-52(38-42-57)51-33-35-53(36-34-51)79-69-48-68-61-23-6-12-29-72(61)80(73(68)49-67(69)62-24-7-13-30-74(62)81-79)70-27-10-4-21-59(70)60-22-5-11-28-71(60)80/h1-49H. The molecule has 1 spiro atoms. The Kier molecular flexibility index (Phi) is 9.72. The lowest BCUT2D eigenvalue weighted by Crippen LogP contribution is -2.25. The van der Waals surface area contributed by atoms with E-state index in [9.17, 15) is 0 Å². The van der Waals surface area contributed by atoms with Crippen molar-refractivity contribution < 1.29 is 0 Å². The normalized spacial score (nSPS) is 12.9. The van der Waals surface area contributed by atoms with Crippen LogP contribution >= 0.6 is 0 Å². The minimum atomic E-state index is -0.420. The van der Waals surface area contributed by atoms with Crippen LogP contribution in [-0.4, -0.2) is 14.1 Å². The Hall–Kier alpha value is -10.9. The van der Waals surface area contributed by atoms with Crippen LogP contribution in [0, 0.1) is 0 Å². The molecular formula is C80H49N3. The highest BCUT2D eigenvalue weighted by Gasteiger charge is 2.51. The first-order chi connectivity index (χ1) is 41.2. The van der Waals surface area contributed by atoms with Crippen molar-refractivity contribution >= 4 is 65.3 Å². The van der Waals surface area contributed by atoms with Gasteiger partial charge in [0.05, 0.1) is 38.7 Å². The maximum absolute atomic E-state index is 5.48. The predicted octanol–water partition coefficient (Wildman–Crippen LogP) is 20.6. The summed E-state index contributed by atoms with van der Waals surface area (Å²) >= 11 is 0. The number of hydrogen-bond donors (Lipinski definition) is 0. The third-order valence-corrected chi connectivity index (χ3v) is 18.3. The van der Waals surface area contributed by atoms with Gasteiger partial charge in [0.2, 0.25) is 0 Å². The van der Waals surface area contributed by atoms with Crippen LogP contribution in [0.2, 0.25) is 0 Å². The van der Waals surface area contributed by atoms with E-state index >= 15 is 0 Å². The molecule has 83 heavy (non-hydrogen) atoms. The Morgan fingerprint density at radius 1 is 0.229 bits per heavy atom. The van der Waals surface area contributed by atoms with Crippen LogP contribution in [0.15, 0.2) is 297 Å². The second kappa shape index (κ2) is 17.6. The highest BCUT2D eigenvalue weighted by atomic mass is 15.0. The molecule has 3 aromatic heterocycles. The van der Waals surface area contributed by atoms with E-state index in [0.717, 1.165) is 44.7 Å². The van der Waals surface area contributed by atoms with Crippen molar-refractivity contribution in [2.24, 2.45) is 0 Å². The van der Waals surface area contributed by atoms with E-state index in [0.29, 0.717) is 0 Å². The van der Waals surface area contributed by atoms with Crippen molar-refractivity contribution in [2.75, 3.05) is 0 Å². The molecule has 0 unspecified atom stereocenters. The van der Waals surface area contributed by atoms with Gasteiger partial charge in [0.25, 0.3) is 0 Å². The van der Waals surface area contributed by atoms with Gasteiger partial charge in [-0.05, 0) is 150 Å². The molecule has 3 nitrogen and oxygen atoms in total. The molecule has 0 bridgehead atoms. The Bertz CT molecular complexity index is 5320. The molecule has 2 aliphatic rings. The number of pyridine rings is 1. The topological polar surface area (TPSA) is 22.8 Å². The minimum Gasteiger partial charge on any atom is -0.309 e. The lowest BCUT2D eigenvalue weighted by Gasteiger charge is -2.30. The molecule has 3 heterocycles. The van der Waals surface area contributed by atoms with Crippen LogP contribution in [0.4, 0.5) is 0 Å². The van der Waals surface area contributed by atoms with Crippen LogP contribution < -0.4 is 0 Å². The fraction of sp³-hybridized carbons (Fsp3) is 0.0125. The SMILES string of the molecule is c1ccc(-c2cccc(-n3c4ccccc4c4ccc(-c5ccc6c7ccccc7n(-c7ccc(-c8ccc(-c9nc%10ccccc%10c%10cc%11c(cc9%10)-c9ccccc9C%119c%10ccccc%10-c%10ccccc%109)cc8)cc7)c6c5)cc43)c2)cc1. The highest BCUT2D eigenvalue weighted by molar-refractivity contribution is 6.15. The van der Waals surface area contributed by atoms with Crippen LogP contribution in [-0.2, 0) is 5.41 Å². The summed E-state index contributed by atoms with van der Waals surface area (Å²) in [6, 6.07) is 110. The molecule has 384 valence electrons. The number of hydrogen-bond acceptors (Lipinski definition) is 1. The number of benzene rings is 13. The summed E-state index contributed by atoms with van der Waals surface area (Å²) in [6.07, 6.45) is 0. The van der Waals surface area contributed by atoms with Gasteiger partial charge in [0.1, 0.15) is 0 Å². The van der Waals surface area contributed by atoms with Crippen molar-refractivity contribution in [3.05, 3.63) is 320 Å². The molecule has 13 aromatic carbocycles. The summed E-state index contributed by atoms with van der Waals surface area (Å²) in [5, 5.41) is 8.50. The molecule has 0 N–H and O–H groups in total. The lowest BCUT2D eigenvalue weighted by molar-refractivity contribution is 0.795. The summed E-state index contributed by atoms with van der Waals surface area (Å²) < 4.78 is 4.87. The summed E-state index contributed by atoms with van der Waals surface area (Å²) in [6.45, 7) is 0. The van der Waals surface area contributed by atoms with Crippen molar-refractivity contribution in [1.29, 1.82) is 0 Å². The Balaban J connectivity index is 0.722. The van der Waals surface area contributed by atoms with Gasteiger partial charge >= 0.3 is 0 Å². The van der Waals surface area contributed by atoms with Crippen LogP contribution in [0.1, 0.15) is 22.3 Å². The summed E-state index contributed by atoms with van der Waals surface area (Å²) in [4.78, 5) is 5.48. The molecule has 2 aliphatic carbocycles. The van der Waals surface area contributed by atoms with Gasteiger partial charge in [-0.25, -0.2) is 4.98 Å². The average Bonchev–Trinajstić information content (AvgIpc) is 2.07. The minimum absolute atomic E-state index is 0.420. The van der Waals surface area contributed by atoms with E-state index in [1.54, 1.807) is 0 Å². The van der Waals surface area contributed by atoms with E-state index in [2.05, 4.69) is 306 Å². The zero-order valence-electron chi connectivity index (χ0n) is 45.1. The summed E-state index contributed by atoms with van der Waals surface area (Å²) in [5.41, 5.74) is 27.3. The molecule has 0 radical (unpaired) electrons. The third-order valence-electron chi connectivity index (χ3n) is 18.3. The number of nitrogens with zero attached hydrogens (tertiary/aromatic N) is 3. The second-order valence-corrected chi connectivity index (χ2v) is 22.5. The molecule has 0 aliphatic heterocycles. The van der Waals surface area contributed by atoms with Crippen molar-refractivity contribution in [2.45, 2.75) is 5.41 Å².